The molecule has 2 aliphatic carbocycles. The van der Waals surface area contributed by atoms with E-state index >= 15 is 0 Å². The molecule has 7 heteroatoms. The Morgan fingerprint density at radius 3 is 2.55 bits per heavy atom. The summed E-state index contributed by atoms with van der Waals surface area (Å²) < 4.78 is 0. The molecular formula is C22H20Cl2N4O. The first-order valence-corrected chi connectivity index (χ1v) is 10.4. The molecule has 2 unspecified atom stereocenters. The third-order valence-electron chi connectivity index (χ3n) is 6.88. The van der Waals surface area contributed by atoms with Crippen LogP contribution in [-0.4, -0.2) is 20.9 Å². The number of hydrogen-bond donors (Lipinski definition) is 1. The van der Waals surface area contributed by atoms with Gasteiger partial charge in [-0.1, -0.05) is 43.1 Å². The molecule has 3 aromatic rings. The van der Waals surface area contributed by atoms with Gasteiger partial charge in [0.1, 0.15) is 5.82 Å². The van der Waals surface area contributed by atoms with E-state index in [0.717, 1.165) is 29.8 Å². The SMILES string of the molecule is Cc1cccnc1NC(=O)C12CCC(c3nc4cc(Cl)c(Cl)cc4nc31)C2(C)C. The molecule has 2 aliphatic rings. The van der Waals surface area contributed by atoms with E-state index in [9.17, 15) is 4.79 Å². The normalized spacial score (nSPS) is 24.0. The highest BCUT2D eigenvalue weighted by molar-refractivity contribution is 6.42. The molecule has 1 amide bonds. The monoisotopic (exact) mass is 426 g/mol. The second-order valence-electron chi connectivity index (χ2n) is 8.55. The molecule has 2 bridgehead atoms. The second-order valence-corrected chi connectivity index (χ2v) is 9.37. The zero-order valence-corrected chi connectivity index (χ0v) is 17.9. The van der Waals surface area contributed by atoms with Crippen molar-refractivity contribution in [1.82, 2.24) is 15.0 Å². The van der Waals surface area contributed by atoms with Gasteiger partial charge in [-0.2, -0.15) is 0 Å². The first kappa shape index (κ1) is 18.8. The maximum atomic E-state index is 13.7. The predicted octanol–water partition coefficient (Wildman–Crippen LogP) is 5.43. The summed E-state index contributed by atoms with van der Waals surface area (Å²) in [6.07, 6.45) is 3.32. The van der Waals surface area contributed by atoms with Crippen molar-refractivity contribution in [3.05, 3.63) is 57.5 Å². The van der Waals surface area contributed by atoms with E-state index in [1.807, 2.05) is 19.1 Å². The Bertz CT molecular complexity index is 1190. The lowest BCUT2D eigenvalue weighted by molar-refractivity contribution is -0.124. The highest BCUT2D eigenvalue weighted by Gasteiger charge is 2.67. The number of nitrogens with one attached hydrogen (secondary N) is 1. The molecule has 5 rings (SSSR count). The first-order valence-electron chi connectivity index (χ1n) is 9.66. The van der Waals surface area contributed by atoms with Crippen LogP contribution in [0.4, 0.5) is 5.82 Å². The van der Waals surface area contributed by atoms with Gasteiger partial charge < -0.3 is 5.32 Å². The van der Waals surface area contributed by atoms with Crippen LogP contribution in [0, 0.1) is 12.3 Å². The van der Waals surface area contributed by atoms with E-state index in [4.69, 9.17) is 33.2 Å². The van der Waals surface area contributed by atoms with E-state index in [1.54, 1.807) is 18.3 Å². The van der Waals surface area contributed by atoms with Crippen molar-refractivity contribution in [3.63, 3.8) is 0 Å². The highest BCUT2D eigenvalue weighted by atomic mass is 35.5. The molecule has 1 fully saturated rings. The van der Waals surface area contributed by atoms with Gasteiger partial charge in [0.05, 0.1) is 37.9 Å². The van der Waals surface area contributed by atoms with E-state index in [1.165, 1.54) is 0 Å². The van der Waals surface area contributed by atoms with Gasteiger partial charge in [-0.25, -0.2) is 15.0 Å². The summed E-state index contributed by atoms with van der Waals surface area (Å²) in [5.41, 5.74) is 2.88. The molecule has 2 atom stereocenters. The Kier molecular flexibility index (Phi) is 3.97. The fraction of sp³-hybridized carbons (Fsp3) is 0.364. The zero-order chi connectivity index (χ0) is 20.6. The minimum atomic E-state index is -0.760. The van der Waals surface area contributed by atoms with Gasteiger partial charge in [-0.05, 0) is 48.9 Å². The quantitative estimate of drug-likeness (QED) is 0.592. The average molecular weight is 427 g/mol. The van der Waals surface area contributed by atoms with E-state index in [-0.39, 0.29) is 17.2 Å². The van der Waals surface area contributed by atoms with Gasteiger partial charge in [0.2, 0.25) is 5.91 Å². The zero-order valence-electron chi connectivity index (χ0n) is 16.4. The van der Waals surface area contributed by atoms with Crippen molar-refractivity contribution in [2.24, 2.45) is 5.41 Å². The number of benzene rings is 1. The lowest BCUT2D eigenvalue weighted by Crippen LogP contribution is -2.47. The molecule has 5 nitrogen and oxygen atoms in total. The van der Waals surface area contributed by atoms with Gasteiger partial charge in [-0.3, -0.25) is 4.79 Å². The molecule has 0 aliphatic heterocycles. The molecule has 0 radical (unpaired) electrons. The maximum absolute atomic E-state index is 13.7. The number of pyridine rings is 1. The van der Waals surface area contributed by atoms with Crippen molar-refractivity contribution in [2.45, 2.75) is 44.9 Å². The lowest BCUT2D eigenvalue weighted by atomic mass is 9.67. The number of aromatic nitrogens is 3. The van der Waals surface area contributed by atoms with Crippen molar-refractivity contribution >= 4 is 46.0 Å². The van der Waals surface area contributed by atoms with Crippen LogP contribution in [0.1, 0.15) is 49.6 Å². The van der Waals surface area contributed by atoms with Crippen LogP contribution in [0.25, 0.3) is 11.0 Å². The minimum Gasteiger partial charge on any atom is -0.310 e. The predicted molar refractivity (Wildman–Crippen MR) is 115 cm³/mol. The molecule has 0 saturated heterocycles. The number of carbonyl (C=O) groups is 1. The Labute approximate surface area is 178 Å². The Morgan fingerprint density at radius 2 is 1.86 bits per heavy atom. The highest BCUT2D eigenvalue weighted by Crippen LogP contribution is 2.67. The number of nitrogens with zero attached hydrogens (tertiary/aromatic N) is 3. The summed E-state index contributed by atoms with van der Waals surface area (Å²) in [6, 6.07) is 7.26. The number of anilines is 1. The maximum Gasteiger partial charge on any atom is 0.238 e. The van der Waals surface area contributed by atoms with Crippen molar-refractivity contribution in [3.8, 4) is 0 Å². The number of carbonyl (C=O) groups excluding carboxylic acids is 1. The van der Waals surface area contributed by atoms with E-state index in [2.05, 4.69) is 24.1 Å². The number of hydrogen-bond acceptors (Lipinski definition) is 4. The minimum absolute atomic E-state index is 0.0701. The van der Waals surface area contributed by atoms with Crippen LogP contribution < -0.4 is 5.32 Å². The van der Waals surface area contributed by atoms with Gasteiger partial charge >= 0.3 is 0 Å². The summed E-state index contributed by atoms with van der Waals surface area (Å²) in [6.45, 7) is 6.22. The molecule has 148 valence electrons. The summed E-state index contributed by atoms with van der Waals surface area (Å²) in [4.78, 5) is 27.9. The first-order chi connectivity index (χ1) is 13.8. The number of rotatable bonds is 2. The smallest absolute Gasteiger partial charge is 0.238 e. The number of amides is 1. The summed E-state index contributed by atoms with van der Waals surface area (Å²) >= 11 is 12.4. The van der Waals surface area contributed by atoms with Crippen LogP contribution in [0.5, 0.6) is 0 Å². The molecule has 1 saturated carbocycles. The fourth-order valence-electron chi connectivity index (χ4n) is 5.21. The van der Waals surface area contributed by atoms with Gasteiger partial charge in [0.15, 0.2) is 0 Å². The average Bonchev–Trinajstić information content (AvgIpc) is 3.04. The van der Waals surface area contributed by atoms with Gasteiger partial charge in [-0.15, -0.1) is 0 Å². The molecular weight excluding hydrogens is 407 g/mol. The fourth-order valence-corrected chi connectivity index (χ4v) is 5.53. The summed E-state index contributed by atoms with van der Waals surface area (Å²) in [5.74, 6) is 0.682. The number of aryl methyl sites for hydroxylation is 1. The Balaban J connectivity index is 1.69. The largest absolute Gasteiger partial charge is 0.310 e. The molecule has 2 aromatic heterocycles. The van der Waals surface area contributed by atoms with Crippen LogP contribution in [-0.2, 0) is 10.2 Å². The second kappa shape index (κ2) is 6.13. The molecule has 2 heterocycles. The van der Waals surface area contributed by atoms with Crippen molar-refractivity contribution in [1.29, 1.82) is 0 Å². The van der Waals surface area contributed by atoms with Crippen molar-refractivity contribution < 1.29 is 4.79 Å². The lowest BCUT2D eigenvalue weighted by Gasteiger charge is -2.36. The van der Waals surface area contributed by atoms with E-state index < -0.39 is 5.41 Å². The van der Waals surface area contributed by atoms with Crippen LogP contribution >= 0.6 is 23.2 Å². The van der Waals surface area contributed by atoms with Crippen molar-refractivity contribution in [2.75, 3.05) is 5.32 Å². The Morgan fingerprint density at radius 1 is 1.17 bits per heavy atom. The summed E-state index contributed by atoms with van der Waals surface area (Å²) in [7, 11) is 0. The van der Waals surface area contributed by atoms with Crippen LogP contribution in [0.3, 0.4) is 0 Å². The number of fused-ring (bicyclic) bond motifs is 6. The number of halogens is 2. The third kappa shape index (κ3) is 2.41. The molecule has 0 spiro atoms. The summed E-state index contributed by atoms with van der Waals surface area (Å²) in [5, 5.41) is 3.95. The van der Waals surface area contributed by atoms with Crippen LogP contribution in [0.2, 0.25) is 10.0 Å². The third-order valence-corrected chi connectivity index (χ3v) is 7.60. The van der Waals surface area contributed by atoms with Gasteiger partial charge in [0, 0.05) is 12.1 Å². The molecule has 29 heavy (non-hydrogen) atoms. The molecule has 1 N–H and O–H groups in total. The van der Waals surface area contributed by atoms with Gasteiger partial charge in [0.25, 0.3) is 0 Å². The van der Waals surface area contributed by atoms with E-state index in [0.29, 0.717) is 26.9 Å². The molecule has 1 aromatic carbocycles. The topological polar surface area (TPSA) is 67.8 Å². The standard InChI is InChI=1S/C22H20Cl2N4O/c1-11-5-4-8-25-19(11)28-20(29)22-7-6-12(21(22,2)3)17-18(22)27-16-10-14(24)13(23)9-15(16)26-17/h4-5,8-10,12H,6-7H2,1-3H3,(H,25,28,29). The van der Waals surface area contributed by atoms with Crippen LogP contribution in [0.15, 0.2) is 30.5 Å². The Hall–Kier alpha value is -2.24.